The van der Waals surface area contributed by atoms with Crippen LogP contribution in [0.3, 0.4) is 0 Å². The first kappa shape index (κ1) is 15.1. The second-order valence-electron chi connectivity index (χ2n) is 5.51. The summed E-state index contributed by atoms with van der Waals surface area (Å²) in [4.78, 5) is 14.2. The van der Waals surface area contributed by atoms with Gasteiger partial charge in [-0.2, -0.15) is 0 Å². The minimum Gasteiger partial charge on any atom is -0.440 e. The van der Waals surface area contributed by atoms with Crippen LogP contribution in [0.4, 0.5) is 0 Å². The SMILES string of the molecule is O=C(NCCCN1CCc2ccccc2C1)c1ccc(Cl)o1. The van der Waals surface area contributed by atoms with Gasteiger partial charge < -0.3 is 9.73 Å². The summed E-state index contributed by atoms with van der Waals surface area (Å²) in [6.07, 6.45) is 2.02. The zero-order valence-corrected chi connectivity index (χ0v) is 13.1. The molecule has 0 fully saturated rings. The average molecular weight is 319 g/mol. The van der Waals surface area contributed by atoms with Crippen molar-refractivity contribution in [1.29, 1.82) is 0 Å². The average Bonchev–Trinajstić information content (AvgIpc) is 2.98. The number of furan rings is 1. The maximum Gasteiger partial charge on any atom is 0.287 e. The second kappa shape index (κ2) is 6.99. The number of fused-ring (bicyclic) bond motifs is 1. The number of rotatable bonds is 5. The number of nitrogens with zero attached hydrogens (tertiary/aromatic N) is 1. The van der Waals surface area contributed by atoms with Crippen molar-refractivity contribution in [2.24, 2.45) is 0 Å². The standard InChI is InChI=1S/C17H19ClN2O2/c18-16-7-6-15(22-16)17(21)19-9-3-10-20-11-8-13-4-1-2-5-14(13)12-20/h1-2,4-7H,3,8-12H2,(H,19,21). The molecule has 0 aliphatic carbocycles. The first-order valence-electron chi connectivity index (χ1n) is 7.55. The first-order chi connectivity index (χ1) is 10.7. The van der Waals surface area contributed by atoms with E-state index in [2.05, 4.69) is 34.5 Å². The number of halogens is 1. The molecule has 1 N–H and O–H groups in total. The molecule has 0 spiro atoms. The van der Waals surface area contributed by atoms with Crippen LogP contribution in [0.5, 0.6) is 0 Å². The predicted molar refractivity (Wildman–Crippen MR) is 86.1 cm³/mol. The lowest BCUT2D eigenvalue weighted by atomic mass is 10.00. The first-order valence-corrected chi connectivity index (χ1v) is 7.93. The fourth-order valence-electron chi connectivity index (χ4n) is 2.77. The Hall–Kier alpha value is -1.78. The van der Waals surface area contributed by atoms with Crippen LogP contribution < -0.4 is 5.32 Å². The summed E-state index contributed by atoms with van der Waals surface area (Å²) in [5, 5.41) is 3.09. The van der Waals surface area contributed by atoms with Crippen LogP contribution in [-0.4, -0.2) is 30.4 Å². The van der Waals surface area contributed by atoms with E-state index in [4.69, 9.17) is 16.0 Å². The van der Waals surface area contributed by atoms with Gasteiger partial charge in [-0.3, -0.25) is 9.69 Å². The molecule has 1 aromatic carbocycles. The Labute approximate surface area is 135 Å². The Morgan fingerprint density at radius 3 is 2.82 bits per heavy atom. The molecule has 116 valence electrons. The normalized spacial score (nSPS) is 14.6. The van der Waals surface area contributed by atoms with E-state index in [9.17, 15) is 4.79 Å². The third-order valence-corrected chi connectivity index (χ3v) is 4.15. The van der Waals surface area contributed by atoms with Gasteiger partial charge in [0, 0.05) is 26.2 Å². The predicted octanol–water partition coefficient (Wildman–Crippen LogP) is 3.11. The number of benzene rings is 1. The maximum absolute atomic E-state index is 11.8. The van der Waals surface area contributed by atoms with E-state index in [1.165, 1.54) is 11.1 Å². The zero-order valence-electron chi connectivity index (χ0n) is 12.3. The van der Waals surface area contributed by atoms with Crippen LogP contribution in [0.15, 0.2) is 40.8 Å². The van der Waals surface area contributed by atoms with Gasteiger partial charge in [0.2, 0.25) is 0 Å². The maximum atomic E-state index is 11.8. The minimum absolute atomic E-state index is 0.212. The molecule has 1 aliphatic rings. The van der Waals surface area contributed by atoms with Crippen molar-refractivity contribution in [3.8, 4) is 0 Å². The van der Waals surface area contributed by atoms with Gasteiger partial charge in [0.05, 0.1) is 0 Å². The van der Waals surface area contributed by atoms with Crippen molar-refractivity contribution < 1.29 is 9.21 Å². The topological polar surface area (TPSA) is 45.5 Å². The highest BCUT2D eigenvalue weighted by atomic mass is 35.5. The highest BCUT2D eigenvalue weighted by Crippen LogP contribution is 2.18. The van der Waals surface area contributed by atoms with E-state index in [1.807, 2.05) is 0 Å². The number of hydrogen-bond acceptors (Lipinski definition) is 3. The fourth-order valence-corrected chi connectivity index (χ4v) is 2.92. The zero-order chi connectivity index (χ0) is 15.4. The summed E-state index contributed by atoms with van der Waals surface area (Å²) in [7, 11) is 0. The molecule has 5 heteroatoms. The summed E-state index contributed by atoms with van der Waals surface area (Å²) in [5.41, 5.74) is 2.88. The lowest BCUT2D eigenvalue weighted by Crippen LogP contribution is -2.33. The minimum atomic E-state index is -0.212. The third-order valence-electron chi connectivity index (χ3n) is 3.94. The Bertz CT molecular complexity index is 654. The van der Waals surface area contributed by atoms with E-state index in [0.29, 0.717) is 6.54 Å². The van der Waals surface area contributed by atoms with E-state index >= 15 is 0 Å². The van der Waals surface area contributed by atoms with Crippen molar-refractivity contribution in [2.45, 2.75) is 19.4 Å². The van der Waals surface area contributed by atoms with Crippen molar-refractivity contribution in [1.82, 2.24) is 10.2 Å². The van der Waals surface area contributed by atoms with Gasteiger partial charge in [-0.15, -0.1) is 0 Å². The summed E-state index contributed by atoms with van der Waals surface area (Å²) in [5.74, 6) is 0.0489. The summed E-state index contributed by atoms with van der Waals surface area (Å²) in [6, 6.07) is 11.8. The molecule has 4 nitrogen and oxygen atoms in total. The van der Waals surface area contributed by atoms with Gasteiger partial charge in [-0.1, -0.05) is 24.3 Å². The largest absolute Gasteiger partial charge is 0.440 e. The van der Waals surface area contributed by atoms with Crippen LogP contribution in [0.1, 0.15) is 28.1 Å². The van der Waals surface area contributed by atoms with Gasteiger partial charge in [-0.25, -0.2) is 0 Å². The Morgan fingerprint density at radius 2 is 2.05 bits per heavy atom. The Morgan fingerprint density at radius 1 is 1.23 bits per heavy atom. The van der Waals surface area contributed by atoms with Gasteiger partial charge in [-0.05, 0) is 47.7 Å². The van der Waals surface area contributed by atoms with Crippen LogP contribution >= 0.6 is 11.6 Å². The smallest absolute Gasteiger partial charge is 0.287 e. The van der Waals surface area contributed by atoms with Gasteiger partial charge >= 0.3 is 0 Å². The molecule has 1 aromatic heterocycles. The van der Waals surface area contributed by atoms with Gasteiger partial charge in [0.15, 0.2) is 11.0 Å². The number of carbonyl (C=O) groups excluding carboxylic acids is 1. The van der Waals surface area contributed by atoms with E-state index in [-0.39, 0.29) is 16.9 Å². The fraction of sp³-hybridized carbons (Fsp3) is 0.353. The van der Waals surface area contributed by atoms with Crippen molar-refractivity contribution in [2.75, 3.05) is 19.6 Å². The molecule has 3 rings (SSSR count). The second-order valence-corrected chi connectivity index (χ2v) is 5.88. The molecule has 0 saturated heterocycles. The Balaban J connectivity index is 1.40. The molecule has 22 heavy (non-hydrogen) atoms. The molecule has 0 radical (unpaired) electrons. The summed E-state index contributed by atoms with van der Waals surface area (Å²) < 4.78 is 5.07. The molecule has 1 aliphatic heterocycles. The van der Waals surface area contributed by atoms with Gasteiger partial charge in [0.25, 0.3) is 5.91 Å². The quantitative estimate of drug-likeness (QED) is 0.862. The molecule has 0 unspecified atom stereocenters. The van der Waals surface area contributed by atoms with Crippen LogP contribution in [0, 0.1) is 0 Å². The van der Waals surface area contributed by atoms with Crippen LogP contribution in [0.25, 0.3) is 0 Å². The van der Waals surface area contributed by atoms with Crippen molar-refractivity contribution in [3.05, 3.63) is 58.5 Å². The van der Waals surface area contributed by atoms with Crippen molar-refractivity contribution >= 4 is 17.5 Å². The number of carbonyl (C=O) groups is 1. The molecule has 0 saturated carbocycles. The third kappa shape index (κ3) is 3.70. The monoisotopic (exact) mass is 318 g/mol. The molecule has 2 aromatic rings. The molecule has 0 atom stereocenters. The molecule has 0 bridgehead atoms. The van der Waals surface area contributed by atoms with E-state index in [0.717, 1.165) is 32.5 Å². The van der Waals surface area contributed by atoms with Crippen LogP contribution in [-0.2, 0) is 13.0 Å². The van der Waals surface area contributed by atoms with E-state index in [1.54, 1.807) is 12.1 Å². The summed E-state index contributed by atoms with van der Waals surface area (Å²) in [6.45, 7) is 3.69. The van der Waals surface area contributed by atoms with Gasteiger partial charge in [0.1, 0.15) is 0 Å². The molecule has 1 amide bonds. The van der Waals surface area contributed by atoms with Crippen molar-refractivity contribution in [3.63, 3.8) is 0 Å². The summed E-state index contributed by atoms with van der Waals surface area (Å²) >= 11 is 5.66. The lowest BCUT2D eigenvalue weighted by Gasteiger charge is -2.28. The molecule has 2 heterocycles. The molecular weight excluding hydrogens is 300 g/mol. The molecular formula is C17H19ClN2O2. The van der Waals surface area contributed by atoms with E-state index < -0.39 is 0 Å². The van der Waals surface area contributed by atoms with Crippen LogP contribution in [0.2, 0.25) is 5.22 Å². The number of nitrogens with one attached hydrogen (secondary N) is 1. The number of amides is 1. The highest BCUT2D eigenvalue weighted by molar-refractivity contribution is 6.29. The Kier molecular flexibility index (Phi) is 4.80. The lowest BCUT2D eigenvalue weighted by molar-refractivity contribution is 0.0923. The highest BCUT2D eigenvalue weighted by Gasteiger charge is 2.15. The number of hydrogen-bond donors (Lipinski definition) is 1.